The molecule has 1 saturated carbocycles. The number of ether oxygens (including phenoxy) is 1. The molecule has 0 amide bonds. The minimum Gasteiger partial charge on any atom is -0.367 e. The monoisotopic (exact) mass is 454 g/mol. The summed E-state index contributed by atoms with van der Waals surface area (Å²) in [6.07, 6.45) is -4.22. The molecule has 11 heteroatoms. The summed E-state index contributed by atoms with van der Waals surface area (Å²) < 4.78 is 66.3. The van der Waals surface area contributed by atoms with Crippen molar-refractivity contribution in [1.29, 1.82) is 0 Å². The summed E-state index contributed by atoms with van der Waals surface area (Å²) in [4.78, 5) is 36.5. The smallest absolute Gasteiger partial charge is 0.367 e. The molecule has 1 fully saturated rings. The number of rotatable bonds is 7. The maximum atomic E-state index is 12.8. The van der Waals surface area contributed by atoms with E-state index in [9.17, 15) is 36.0 Å². The molecule has 1 aromatic carbocycles. The maximum absolute atomic E-state index is 12.8. The van der Waals surface area contributed by atoms with Crippen molar-refractivity contribution in [3.05, 3.63) is 28.3 Å². The Morgan fingerprint density at radius 2 is 1.79 bits per heavy atom. The van der Waals surface area contributed by atoms with Gasteiger partial charge >= 0.3 is 6.18 Å². The van der Waals surface area contributed by atoms with Crippen LogP contribution in [0, 0.1) is 5.92 Å². The molecule has 0 unspecified atom stereocenters. The van der Waals surface area contributed by atoms with Crippen molar-refractivity contribution in [2.24, 2.45) is 5.92 Å². The zero-order chi connectivity index (χ0) is 22.0. The molecule has 0 aliphatic heterocycles. The fourth-order valence-electron chi connectivity index (χ4n) is 3.00. The van der Waals surface area contributed by atoms with Crippen molar-refractivity contribution in [3.8, 4) is 0 Å². The van der Waals surface area contributed by atoms with Crippen molar-refractivity contribution in [1.82, 2.24) is 0 Å². The van der Waals surface area contributed by atoms with Crippen LogP contribution >= 0.6 is 11.6 Å². The van der Waals surface area contributed by atoms with Gasteiger partial charge in [-0.3, -0.25) is 14.4 Å². The lowest BCUT2D eigenvalue weighted by Crippen LogP contribution is -2.35. The Balaban J connectivity index is 2.49. The van der Waals surface area contributed by atoms with Gasteiger partial charge in [-0.1, -0.05) is 18.5 Å². The van der Waals surface area contributed by atoms with E-state index >= 15 is 0 Å². The van der Waals surface area contributed by atoms with E-state index in [2.05, 4.69) is 4.74 Å². The van der Waals surface area contributed by atoms with Crippen LogP contribution in [-0.2, 0) is 30.8 Å². The Morgan fingerprint density at radius 3 is 2.31 bits per heavy atom. The summed E-state index contributed by atoms with van der Waals surface area (Å²) in [5.41, 5.74) is -0.625. The van der Waals surface area contributed by atoms with E-state index in [4.69, 9.17) is 11.6 Å². The van der Waals surface area contributed by atoms with Crippen LogP contribution in [0.4, 0.5) is 13.2 Å². The summed E-state index contributed by atoms with van der Waals surface area (Å²) in [5, 5.41) is -0.446. The first-order chi connectivity index (χ1) is 13.4. The predicted molar refractivity (Wildman–Crippen MR) is 96.6 cm³/mol. The fourth-order valence-corrected chi connectivity index (χ4v) is 4.49. The Labute approximate surface area is 170 Å². The Kier molecular flexibility index (Phi) is 7.23. The van der Waals surface area contributed by atoms with Crippen molar-refractivity contribution < 1.29 is 40.7 Å². The van der Waals surface area contributed by atoms with Gasteiger partial charge in [0.2, 0.25) is 0 Å². The van der Waals surface area contributed by atoms with Crippen LogP contribution in [0.2, 0.25) is 5.02 Å². The molecule has 0 saturated heterocycles. The second kappa shape index (κ2) is 8.93. The van der Waals surface area contributed by atoms with E-state index in [1.807, 2.05) is 0 Å². The highest BCUT2D eigenvalue weighted by atomic mass is 35.5. The molecule has 6 nitrogen and oxygen atoms in total. The van der Waals surface area contributed by atoms with Crippen LogP contribution in [0.15, 0.2) is 17.0 Å². The third-order valence-corrected chi connectivity index (χ3v) is 6.69. The third kappa shape index (κ3) is 5.43. The third-order valence-electron chi connectivity index (χ3n) is 4.45. The first-order valence-electron chi connectivity index (χ1n) is 8.67. The van der Waals surface area contributed by atoms with Gasteiger partial charge in [0, 0.05) is 24.0 Å². The van der Waals surface area contributed by atoms with Crippen molar-refractivity contribution in [2.75, 3.05) is 12.4 Å². The average Bonchev–Trinajstić information content (AvgIpc) is 2.61. The number of Topliss-reactive ketones (excluding diaryl/α,β-unsaturated/α-hetero) is 3. The Bertz CT molecular complexity index is 924. The lowest BCUT2D eigenvalue weighted by atomic mass is 9.81. The zero-order valence-electron chi connectivity index (χ0n) is 15.3. The van der Waals surface area contributed by atoms with E-state index in [-0.39, 0.29) is 34.6 Å². The number of carbonyl (C=O) groups excluding carboxylic acids is 3. The lowest BCUT2D eigenvalue weighted by Gasteiger charge is -2.20. The molecule has 1 aliphatic rings. The molecule has 0 aromatic heterocycles. The molecule has 1 aromatic rings. The van der Waals surface area contributed by atoms with Crippen molar-refractivity contribution >= 4 is 38.8 Å². The van der Waals surface area contributed by atoms with Gasteiger partial charge in [0.05, 0.1) is 22.3 Å². The number of sulfone groups is 1. The molecular weight excluding hydrogens is 437 g/mol. The molecule has 2 rings (SSSR count). The van der Waals surface area contributed by atoms with Gasteiger partial charge in [-0.25, -0.2) is 8.42 Å². The standard InChI is InChI=1S/C18H18ClF3O6S/c1-2-29(26,27)14-7-6-10(16(19)11(14)8-28-9-18(20,21)22)17(25)15-12(23)4-3-5-13(15)24/h6-7,15H,2-5,8-9H2,1H3. The SMILES string of the molecule is CCS(=O)(=O)c1ccc(C(=O)C2C(=O)CCCC2=O)c(Cl)c1COCC(F)(F)F. The lowest BCUT2D eigenvalue weighted by molar-refractivity contribution is -0.176. The largest absolute Gasteiger partial charge is 0.411 e. The van der Waals surface area contributed by atoms with Crippen molar-refractivity contribution in [3.63, 3.8) is 0 Å². The highest BCUT2D eigenvalue weighted by molar-refractivity contribution is 7.91. The van der Waals surface area contributed by atoms with Crippen LogP contribution < -0.4 is 0 Å². The molecule has 0 radical (unpaired) electrons. The summed E-state index contributed by atoms with van der Waals surface area (Å²) in [5.74, 6) is -3.94. The number of hydrogen-bond acceptors (Lipinski definition) is 6. The Hall–Kier alpha value is -1.78. The first-order valence-corrected chi connectivity index (χ1v) is 10.7. The summed E-state index contributed by atoms with van der Waals surface area (Å²) in [6, 6.07) is 2.09. The van der Waals surface area contributed by atoms with Gasteiger partial charge in [0.25, 0.3) is 0 Å². The highest BCUT2D eigenvalue weighted by Gasteiger charge is 2.38. The summed E-state index contributed by atoms with van der Waals surface area (Å²) in [7, 11) is -3.90. The quantitative estimate of drug-likeness (QED) is 0.463. The van der Waals surface area contributed by atoms with E-state index in [1.165, 1.54) is 6.92 Å². The summed E-state index contributed by atoms with van der Waals surface area (Å²) in [6.45, 7) is -1.13. The topological polar surface area (TPSA) is 94.6 Å². The van der Waals surface area contributed by atoms with Gasteiger partial charge in [0.15, 0.2) is 27.2 Å². The normalized spacial score (nSPS) is 16.3. The predicted octanol–water partition coefficient (Wildman–Crippen LogP) is 3.33. The van der Waals surface area contributed by atoms with Gasteiger partial charge in [-0.2, -0.15) is 13.2 Å². The minimum atomic E-state index is -4.65. The molecular formula is C18H18ClF3O6S. The van der Waals surface area contributed by atoms with Crippen LogP contribution in [0.1, 0.15) is 42.1 Å². The molecule has 0 spiro atoms. The van der Waals surface area contributed by atoms with Gasteiger partial charge in [0.1, 0.15) is 12.5 Å². The molecule has 0 heterocycles. The zero-order valence-corrected chi connectivity index (χ0v) is 16.9. The number of benzene rings is 1. The number of ketones is 3. The number of hydrogen-bond donors (Lipinski definition) is 0. The first kappa shape index (κ1) is 23.5. The van der Waals surface area contributed by atoms with Gasteiger partial charge in [-0.05, 0) is 18.6 Å². The highest BCUT2D eigenvalue weighted by Crippen LogP contribution is 2.33. The minimum absolute atomic E-state index is 0.0453. The summed E-state index contributed by atoms with van der Waals surface area (Å²) >= 11 is 6.17. The van der Waals surface area contributed by atoms with E-state index in [0.29, 0.717) is 6.42 Å². The van der Waals surface area contributed by atoms with Crippen molar-refractivity contribution in [2.45, 2.75) is 43.9 Å². The molecule has 0 bridgehead atoms. The van der Waals surface area contributed by atoms with Crippen LogP contribution in [0.25, 0.3) is 0 Å². The Morgan fingerprint density at radius 1 is 1.21 bits per heavy atom. The van der Waals surface area contributed by atoms with Crippen LogP contribution in [-0.4, -0.2) is 44.3 Å². The van der Waals surface area contributed by atoms with Gasteiger partial charge < -0.3 is 4.74 Å². The second-order valence-corrected chi connectivity index (χ2v) is 9.12. The fraction of sp³-hybridized carbons (Fsp3) is 0.500. The van der Waals surface area contributed by atoms with E-state index in [1.54, 1.807) is 0 Å². The van der Waals surface area contributed by atoms with E-state index < -0.39 is 57.5 Å². The number of carbonyl (C=O) groups is 3. The number of halogens is 4. The van der Waals surface area contributed by atoms with Gasteiger partial charge in [-0.15, -0.1) is 0 Å². The molecule has 1 aliphatic carbocycles. The van der Waals surface area contributed by atoms with Crippen LogP contribution in [0.3, 0.4) is 0 Å². The second-order valence-electron chi connectivity index (χ2n) is 6.50. The average molecular weight is 455 g/mol. The maximum Gasteiger partial charge on any atom is 0.411 e. The molecule has 29 heavy (non-hydrogen) atoms. The van der Waals surface area contributed by atoms with E-state index in [0.717, 1.165) is 12.1 Å². The molecule has 0 N–H and O–H groups in total. The molecule has 0 atom stereocenters. The molecule has 160 valence electrons. The van der Waals surface area contributed by atoms with Crippen LogP contribution in [0.5, 0.6) is 0 Å². The number of alkyl halides is 3.